The molecule has 1 atom stereocenters. The number of halogens is 1. The second-order valence-corrected chi connectivity index (χ2v) is 9.11. The van der Waals surface area contributed by atoms with Crippen LogP contribution in [0.3, 0.4) is 0 Å². The van der Waals surface area contributed by atoms with Crippen LogP contribution in [0.25, 0.3) is 16.5 Å². The van der Waals surface area contributed by atoms with Crippen molar-refractivity contribution >= 4 is 34.2 Å². The molecule has 1 aromatic heterocycles. The molecule has 2 aromatic rings. The smallest absolute Gasteiger partial charge is 0.410 e. The summed E-state index contributed by atoms with van der Waals surface area (Å²) in [6.07, 6.45) is 7.59. The van der Waals surface area contributed by atoms with Gasteiger partial charge in [0.25, 0.3) is 0 Å². The standard InChI is InChI=1S/C22H28ClN3O3/c1-22(2,3)29-21(27)25-9-7-15(8-10-25)17-13-19-16(12-18(17)23)14-24-26(19)20-6-4-5-11-28-20/h7,12-14,20H,4-6,8-11H2,1-3H3. The van der Waals surface area contributed by atoms with Gasteiger partial charge in [0, 0.05) is 30.1 Å². The number of ether oxygens (including phenoxy) is 2. The first-order chi connectivity index (χ1) is 13.8. The van der Waals surface area contributed by atoms with Gasteiger partial charge in [0.1, 0.15) is 5.60 Å². The molecule has 4 rings (SSSR count). The summed E-state index contributed by atoms with van der Waals surface area (Å²) in [6.45, 7) is 7.54. The summed E-state index contributed by atoms with van der Waals surface area (Å²) < 4.78 is 13.4. The topological polar surface area (TPSA) is 56.6 Å². The lowest BCUT2D eigenvalue weighted by atomic mass is 9.98. The van der Waals surface area contributed by atoms with E-state index in [0.29, 0.717) is 18.1 Å². The average molecular weight is 418 g/mol. The minimum Gasteiger partial charge on any atom is -0.444 e. The summed E-state index contributed by atoms with van der Waals surface area (Å²) in [6, 6.07) is 4.08. The Bertz CT molecular complexity index is 939. The summed E-state index contributed by atoms with van der Waals surface area (Å²) in [4.78, 5) is 14.0. The number of aromatic nitrogens is 2. The summed E-state index contributed by atoms with van der Waals surface area (Å²) in [7, 11) is 0. The molecule has 29 heavy (non-hydrogen) atoms. The molecule has 1 aromatic carbocycles. The molecule has 0 spiro atoms. The highest BCUT2D eigenvalue weighted by molar-refractivity contribution is 6.33. The van der Waals surface area contributed by atoms with Gasteiger partial charge in [-0.05, 0) is 69.7 Å². The molecular weight excluding hydrogens is 390 g/mol. The van der Waals surface area contributed by atoms with E-state index in [0.717, 1.165) is 54.3 Å². The third-order valence-corrected chi connectivity index (χ3v) is 5.63. The first-order valence-electron chi connectivity index (χ1n) is 10.3. The molecule has 3 heterocycles. The van der Waals surface area contributed by atoms with Crippen molar-refractivity contribution in [1.29, 1.82) is 0 Å². The van der Waals surface area contributed by atoms with Crippen LogP contribution in [-0.4, -0.2) is 46.1 Å². The van der Waals surface area contributed by atoms with Crippen LogP contribution < -0.4 is 0 Å². The zero-order chi connectivity index (χ0) is 20.6. The fourth-order valence-corrected chi connectivity index (χ4v) is 4.16. The second kappa shape index (κ2) is 8.00. The molecule has 0 bridgehead atoms. The molecule has 0 radical (unpaired) electrons. The van der Waals surface area contributed by atoms with Crippen molar-refractivity contribution in [3.05, 3.63) is 35.0 Å². The van der Waals surface area contributed by atoms with E-state index >= 15 is 0 Å². The number of hydrogen-bond donors (Lipinski definition) is 0. The number of carbonyl (C=O) groups is 1. The van der Waals surface area contributed by atoms with Gasteiger partial charge < -0.3 is 14.4 Å². The summed E-state index contributed by atoms with van der Waals surface area (Å²) >= 11 is 6.60. The van der Waals surface area contributed by atoms with Gasteiger partial charge in [-0.3, -0.25) is 0 Å². The zero-order valence-electron chi connectivity index (χ0n) is 17.3. The van der Waals surface area contributed by atoms with E-state index in [1.165, 1.54) is 0 Å². The normalized spacial score (nSPS) is 20.6. The highest BCUT2D eigenvalue weighted by atomic mass is 35.5. The lowest BCUT2D eigenvalue weighted by Crippen LogP contribution is -2.39. The van der Waals surface area contributed by atoms with E-state index < -0.39 is 5.60 Å². The van der Waals surface area contributed by atoms with Crippen molar-refractivity contribution in [2.24, 2.45) is 0 Å². The average Bonchev–Trinajstić information content (AvgIpc) is 3.09. The van der Waals surface area contributed by atoms with Crippen LogP contribution in [0, 0.1) is 0 Å². The molecule has 1 fully saturated rings. The Morgan fingerprint density at radius 3 is 2.79 bits per heavy atom. The zero-order valence-corrected chi connectivity index (χ0v) is 18.0. The number of fused-ring (bicyclic) bond motifs is 1. The van der Waals surface area contributed by atoms with Gasteiger partial charge in [0.2, 0.25) is 0 Å². The van der Waals surface area contributed by atoms with E-state index in [9.17, 15) is 4.79 Å². The monoisotopic (exact) mass is 417 g/mol. The molecule has 6 nitrogen and oxygen atoms in total. The van der Waals surface area contributed by atoms with Gasteiger partial charge in [-0.1, -0.05) is 17.7 Å². The highest BCUT2D eigenvalue weighted by Gasteiger charge is 2.25. The van der Waals surface area contributed by atoms with Crippen molar-refractivity contribution in [3.63, 3.8) is 0 Å². The first-order valence-corrected chi connectivity index (χ1v) is 10.7. The maximum Gasteiger partial charge on any atom is 0.410 e. The molecule has 1 amide bonds. The molecule has 1 saturated heterocycles. The Kier molecular flexibility index (Phi) is 5.58. The van der Waals surface area contributed by atoms with E-state index in [4.69, 9.17) is 21.1 Å². The Hall–Kier alpha value is -2.05. The Labute approximate surface area is 176 Å². The van der Waals surface area contributed by atoms with Gasteiger partial charge >= 0.3 is 6.09 Å². The maximum absolute atomic E-state index is 12.3. The number of carbonyl (C=O) groups excluding carboxylic acids is 1. The van der Waals surface area contributed by atoms with Crippen LogP contribution in [0.15, 0.2) is 24.4 Å². The van der Waals surface area contributed by atoms with Crippen LogP contribution in [0.1, 0.15) is 58.2 Å². The Morgan fingerprint density at radius 1 is 1.31 bits per heavy atom. The fourth-order valence-electron chi connectivity index (χ4n) is 3.86. The van der Waals surface area contributed by atoms with Gasteiger partial charge in [-0.15, -0.1) is 0 Å². The van der Waals surface area contributed by atoms with Crippen molar-refractivity contribution in [2.75, 3.05) is 19.7 Å². The van der Waals surface area contributed by atoms with Crippen LogP contribution in [0.4, 0.5) is 4.79 Å². The molecule has 2 aliphatic rings. The van der Waals surface area contributed by atoms with Crippen LogP contribution in [0.2, 0.25) is 5.02 Å². The predicted octanol–water partition coefficient (Wildman–Crippen LogP) is 5.41. The SMILES string of the molecule is CC(C)(C)OC(=O)N1CC=C(c2cc3c(cnn3C3CCCCO3)cc2Cl)CC1. The van der Waals surface area contributed by atoms with E-state index in [2.05, 4.69) is 17.2 Å². The van der Waals surface area contributed by atoms with E-state index in [1.54, 1.807) is 4.90 Å². The lowest BCUT2D eigenvalue weighted by Gasteiger charge is -2.30. The third kappa shape index (κ3) is 4.43. The predicted molar refractivity (Wildman–Crippen MR) is 114 cm³/mol. The Balaban J connectivity index is 1.57. The van der Waals surface area contributed by atoms with Gasteiger partial charge in [0.15, 0.2) is 6.23 Å². The first kappa shape index (κ1) is 20.2. The number of benzene rings is 1. The van der Waals surface area contributed by atoms with Crippen LogP contribution in [-0.2, 0) is 9.47 Å². The molecule has 156 valence electrons. The quantitative estimate of drug-likeness (QED) is 0.655. The van der Waals surface area contributed by atoms with Gasteiger partial charge in [0.05, 0.1) is 11.7 Å². The molecule has 0 aliphatic carbocycles. The fraction of sp³-hybridized carbons (Fsp3) is 0.545. The molecule has 2 aliphatic heterocycles. The van der Waals surface area contributed by atoms with E-state index in [1.807, 2.05) is 37.7 Å². The summed E-state index contributed by atoms with van der Waals surface area (Å²) in [5.41, 5.74) is 2.69. The van der Waals surface area contributed by atoms with Crippen molar-refractivity contribution in [1.82, 2.24) is 14.7 Å². The molecule has 0 N–H and O–H groups in total. The minimum absolute atomic E-state index is 0.0155. The number of hydrogen-bond acceptors (Lipinski definition) is 4. The number of amides is 1. The second-order valence-electron chi connectivity index (χ2n) is 8.71. The number of rotatable bonds is 2. The molecular formula is C22H28ClN3O3. The minimum atomic E-state index is -0.491. The summed E-state index contributed by atoms with van der Waals surface area (Å²) in [5, 5.41) is 6.28. The molecule has 0 saturated carbocycles. The van der Waals surface area contributed by atoms with Crippen molar-refractivity contribution in [2.45, 2.75) is 58.3 Å². The van der Waals surface area contributed by atoms with Crippen LogP contribution >= 0.6 is 11.6 Å². The molecule has 1 unspecified atom stereocenters. The van der Waals surface area contributed by atoms with Crippen molar-refractivity contribution < 1.29 is 14.3 Å². The van der Waals surface area contributed by atoms with Crippen molar-refractivity contribution in [3.8, 4) is 0 Å². The molecule has 7 heteroatoms. The van der Waals surface area contributed by atoms with Crippen LogP contribution in [0.5, 0.6) is 0 Å². The third-order valence-electron chi connectivity index (χ3n) is 5.32. The largest absolute Gasteiger partial charge is 0.444 e. The lowest BCUT2D eigenvalue weighted by molar-refractivity contribution is -0.0366. The van der Waals surface area contributed by atoms with Gasteiger partial charge in [-0.25, -0.2) is 9.48 Å². The maximum atomic E-state index is 12.3. The highest BCUT2D eigenvalue weighted by Crippen LogP contribution is 2.34. The Morgan fingerprint density at radius 2 is 2.14 bits per heavy atom. The number of nitrogens with zero attached hydrogens (tertiary/aromatic N) is 3. The van der Waals surface area contributed by atoms with E-state index in [-0.39, 0.29) is 12.3 Å². The van der Waals surface area contributed by atoms with Gasteiger partial charge in [-0.2, -0.15) is 5.10 Å². The summed E-state index contributed by atoms with van der Waals surface area (Å²) in [5.74, 6) is 0.